The second kappa shape index (κ2) is 4.07. The molecule has 0 saturated carbocycles. The number of rotatable bonds is 2. The first-order valence-corrected chi connectivity index (χ1v) is 5.42. The third-order valence-electron chi connectivity index (χ3n) is 1.29. The topological polar surface area (TPSA) is 71.5 Å². The molecule has 0 spiro atoms. The molecule has 2 rings (SSSR count). The Morgan fingerprint density at radius 2 is 2.36 bits per heavy atom. The van der Waals surface area contributed by atoms with Crippen LogP contribution in [0.2, 0.25) is 5.02 Å². The summed E-state index contributed by atoms with van der Waals surface area (Å²) in [5.41, 5.74) is -0.353. The molecule has 5 nitrogen and oxygen atoms in total. The van der Waals surface area contributed by atoms with Crippen molar-refractivity contribution >= 4 is 34.9 Å². The van der Waals surface area contributed by atoms with E-state index in [0.717, 1.165) is 0 Å². The van der Waals surface area contributed by atoms with Gasteiger partial charge in [-0.15, -0.1) is 0 Å². The van der Waals surface area contributed by atoms with E-state index >= 15 is 0 Å². The minimum atomic E-state index is -0.353. The van der Waals surface area contributed by atoms with Gasteiger partial charge in [-0.05, 0) is 23.3 Å². The van der Waals surface area contributed by atoms with Crippen molar-refractivity contribution in [1.82, 2.24) is 19.3 Å². The van der Waals surface area contributed by atoms with E-state index in [-0.39, 0.29) is 10.6 Å². The van der Waals surface area contributed by atoms with Crippen LogP contribution < -0.4 is 5.56 Å². The van der Waals surface area contributed by atoms with E-state index in [1.54, 1.807) is 0 Å². The van der Waals surface area contributed by atoms with E-state index in [0.29, 0.717) is 9.37 Å². The monoisotopic (exact) mass is 246 g/mol. The molecule has 0 radical (unpaired) electrons. The Morgan fingerprint density at radius 3 is 3.07 bits per heavy atom. The number of nitrogens with zero attached hydrogens (tertiary/aromatic N) is 3. The molecule has 72 valence electrons. The lowest BCUT2D eigenvalue weighted by Crippen LogP contribution is -2.07. The number of H-pyrrole nitrogens is 1. The Bertz CT molecular complexity index is 483. The van der Waals surface area contributed by atoms with Crippen LogP contribution in [0.1, 0.15) is 0 Å². The summed E-state index contributed by atoms with van der Waals surface area (Å²) >= 11 is 8.18. The van der Waals surface area contributed by atoms with Gasteiger partial charge in [0.25, 0.3) is 5.56 Å². The second-order valence-electron chi connectivity index (χ2n) is 2.16. The zero-order chi connectivity index (χ0) is 9.97. The number of halogens is 1. The van der Waals surface area contributed by atoms with Gasteiger partial charge >= 0.3 is 0 Å². The molecule has 1 N–H and O–H groups in total. The van der Waals surface area contributed by atoms with E-state index in [2.05, 4.69) is 19.3 Å². The van der Waals surface area contributed by atoms with Crippen molar-refractivity contribution in [1.29, 1.82) is 0 Å². The summed E-state index contributed by atoms with van der Waals surface area (Å²) in [6.45, 7) is 0. The zero-order valence-corrected chi connectivity index (χ0v) is 8.99. The maximum absolute atomic E-state index is 11.1. The van der Waals surface area contributed by atoms with E-state index in [4.69, 9.17) is 11.6 Å². The van der Waals surface area contributed by atoms with Gasteiger partial charge in [0.1, 0.15) is 16.4 Å². The minimum absolute atomic E-state index is 0.0766. The average molecular weight is 247 g/mol. The lowest BCUT2D eigenvalue weighted by Gasteiger charge is -1.96. The summed E-state index contributed by atoms with van der Waals surface area (Å²) in [7, 11) is 0. The maximum atomic E-state index is 11.1. The predicted octanol–water partition coefficient (Wildman–Crippen LogP) is 1.43. The van der Waals surface area contributed by atoms with E-state index < -0.39 is 0 Å². The molecule has 14 heavy (non-hydrogen) atoms. The van der Waals surface area contributed by atoms with Crippen molar-refractivity contribution in [3.05, 3.63) is 28.0 Å². The first-order chi connectivity index (χ1) is 6.77. The Kier molecular flexibility index (Phi) is 2.80. The summed E-state index contributed by atoms with van der Waals surface area (Å²) < 4.78 is 4.52. The number of hydrogen-bond donors (Lipinski definition) is 1. The molecule has 8 heteroatoms. The van der Waals surface area contributed by atoms with E-state index in [1.807, 2.05) is 0 Å². The van der Waals surface area contributed by atoms with Gasteiger partial charge < -0.3 is 4.98 Å². The Balaban J connectivity index is 2.34. The van der Waals surface area contributed by atoms with Crippen LogP contribution in [0.15, 0.2) is 26.8 Å². The van der Waals surface area contributed by atoms with Crippen LogP contribution in [-0.4, -0.2) is 19.3 Å². The standard InChI is InChI=1S/C6H3ClN4OS2/c7-3-4(12)8-1-9-5(3)13-6-10-2-11-14-6/h1-2H,(H,8,9,12). The minimum Gasteiger partial charge on any atom is -0.312 e. The largest absolute Gasteiger partial charge is 0.312 e. The Hall–Kier alpha value is -0.920. The highest BCUT2D eigenvalue weighted by atomic mass is 35.5. The molecule has 0 aromatic carbocycles. The Morgan fingerprint density at radius 1 is 1.50 bits per heavy atom. The predicted molar refractivity (Wildman–Crippen MR) is 53.9 cm³/mol. The average Bonchev–Trinajstić information content (AvgIpc) is 2.66. The number of nitrogens with one attached hydrogen (secondary N) is 1. The summed E-state index contributed by atoms with van der Waals surface area (Å²) in [5, 5.41) is 0.514. The number of hydrogen-bond acceptors (Lipinski definition) is 6. The molecule has 2 aromatic heterocycles. The van der Waals surface area contributed by atoms with Crippen molar-refractivity contribution < 1.29 is 0 Å². The molecule has 2 aromatic rings. The van der Waals surface area contributed by atoms with Crippen LogP contribution in [0.5, 0.6) is 0 Å². The summed E-state index contributed by atoms with van der Waals surface area (Å²) in [6.07, 6.45) is 2.74. The number of aromatic amines is 1. The van der Waals surface area contributed by atoms with Gasteiger partial charge in [0.05, 0.1) is 6.33 Å². The van der Waals surface area contributed by atoms with Crippen molar-refractivity contribution in [3.8, 4) is 0 Å². The molecule has 2 heterocycles. The summed E-state index contributed by atoms with van der Waals surface area (Å²) in [5.74, 6) is 0. The molecule has 0 unspecified atom stereocenters. The molecule has 0 atom stereocenters. The molecular weight excluding hydrogens is 244 g/mol. The zero-order valence-electron chi connectivity index (χ0n) is 6.60. The third-order valence-corrected chi connectivity index (χ3v) is 3.47. The molecule has 0 bridgehead atoms. The lowest BCUT2D eigenvalue weighted by molar-refractivity contribution is 1.01. The fraction of sp³-hybridized carbons (Fsp3) is 0. The molecule has 0 fully saturated rings. The molecule has 0 aliphatic carbocycles. The highest BCUT2D eigenvalue weighted by Gasteiger charge is 2.09. The Labute approximate surface area is 91.7 Å². The maximum Gasteiger partial charge on any atom is 0.270 e. The summed E-state index contributed by atoms with van der Waals surface area (Å²) in [4.78, 5) is 21.3. The van der Waals surface area contributed by atoms with Crippen LogP contribution >= 0.6 is 34.9 Å². The van der Waals surface area contributed by atoms with Crippen molar-refractivity contribution in [2.75, 3.05) is 0 Å². The van der Waals surface area contributed by atoms with Gasteiger partial charge in [-0.25, -0.2) is 9.97 Å². The molecule has 0 aliphatic rings. The van der Waals surface area contributed by atoms with Crippen LogP contribution in [0, 0.1) is 0 Å². The lowest BCUT2D eigenvalue weighted by atomic mass is 10.7. The fourth-order valence-electron chi connectivity index (χ4n) is 0.728. The van der Waals surface area contributed by atoms with Crippen LogP contribution in [0.4, 0.5) is 0 Å². The number of aromatic nitrogens is 4. The first-order valence-electron chi connectivity index (χ1n) is 3.45. The quantitative estimate of drug-likeness (QED) is 0.812. The van der Waals surface area contributed by atoms with Crippen LogP contribution in [-0.2, 0) is 0 Å². The van der Waals surface area contributed by atoms with Crippen molar-refractivity contribution in [2.45, 2.75) is 9.37 Å². The van der Waals surface area contributed by atoms with Gasteiger partial charge in [0, 0.05) is 0 Å². The van der Waals surface area contributed by atoms with Gasteiger partial charge in [0.15, 0.2) is 4.34 Å². The van der Waals surface area contributed by atoms with Crippen LogP contribution in [0.3, 0.4) is 0 Å². The molecule has 0 saturated heterocycles. The van der Waals surface area contributed by atoms with Gasteiger partial charge in [-0.2, -0.15) is 4.37 Å². The van der Waals surface area contributed by atoms with E-state index in [9.17, 15) is 4.79 Å². The highest BCUT2D eigenvalue weighted by molar-refractivity contribution is 8.01. The van der Waals surface area contributed by atoms with Crippen LogP contribution in [0.25, 0.3) is 0 Å². The highest BCUT2D eigenvalue weighted by Crippen LogP contribution is 2.29. The van der Waals surface area contributed by atoms with Crippen molar-refractivity contribution in [3.63, 3.8) is 0 Å². The fourth-order valence-corrected chi connectivity index (χ4v) is 2.29. The van der Waals surface area contributed by atoms with Crippen molar-refractivity contribution in [2.24, 2.45) is 0 Å². The molecular formula is C6H3ClN4OS2. The SMILES string of the molecule is O=c1[nH]cnc(Sc2ncns2)c1Cl. The van der Waals surface area contributed by atoms with Gasteiger partial charge in [-0.3, -0.25) is 4.79 Å². The third kappa shape index (κ3) is 1.94. The molecule has 0 aliphatic heterocycles. The normalized spacial score (nSPS) is 10.4. The second-order valence-corrected chi connectivity index (χ2v) is 4.55. The molecule has 0 amide bonds. The van der Waals surface area contributed by atoms with Gasteiger partial charge in [-0.1, -0.05) is 11.6 Å². The smallest absolute Gasteiger partial charge is 0.270 e. The van der Waals surface area contributed by atoms with E-state index in [1.165, 1.54) is 35.9 Å². The first kappa shape index (κ1) is 9.63. The summed E-state index contributed by atoms with van der Waals surface area (Å²) in [6, 6.07) is 0. The van der Waals surface area contributed by atoms with Gasteiger partial charge in [0.2, 0.25) is 0 Å².